The van der Waals surface area contributed by atoms with Crippen LogP contribution in [0.3, 0.4) is 0 Å². The van der Waals surface area contributed by atoms with Crippen molar-refractivity contribution in [3.63, 3.8) is 0 Å². The van der Waals surface area contributed by atoms with E-state index in [9.17, 15) is 9.59 Å². The number of carbonyl (C=O) groups excluding carboxylic acids is 2. The minimum Gasteiger partial charge on any atom is -0.447 e. The lowest BCUT2D eigenvalue weighted by atomic mass is 9.62. The van der Waals surface area contributed by atoms with Crippen molar-refractivity contribution in [2.24, 2.45) is 0 Å². The van der Waals surface area contributed by atoms with E-state index in [1.807, 2.05) is 32.2 Å². The maximum atomic E-state index is 13.4. The third kappa shape index (κ3) is 5.25. The lowest BCUT2D eigenvalue weighted by Gasteiger charge is -2.42. The van der Waals surface area contributed by atoms with Crippen LogP contribution in [0.4, 0.5) is 5.69 Å². The first kappa shape index (κ1) is 25.7. The number of nitrogens with zero attached hydrogens (tertiary/aromatic N) is 1. The minimum absolute atomic E-state index is 0.0103. The molecule has 0 atom stereocenters. The summed E-state index contributed by atoms with van der Waals surface area (Å²) < 4.78 is 5.73. The molecule has 1 heterocycles. The van der Waals surface area contributed by atoms with Crippen molar-refractivity contribution in [3.8, 4) is 0 Å². The maximum Gasteiger partial charge on any atom is 0.287 e. The summed E-state index contributed by atoms with van der Waals surface area (Å²) in [6, 6.07) is 17.6. The van der Waals surface area contributed by atoms with E-state index >= 15 is 0 Å². The van der Waals surface area contributed by atoms with E-state index in [2.05, 4.69) is 62.2 Å². The number of benzene rings is 2. The van der Waals surface area contributed by atoms with Gasteiger partial charge in [-0.15, -0.1) is 0 Å². The summed E-state index contributed by atoms with van der Waals surface area (Å²) in [5, 5.41) is 2.90. The molecule has 5 heteroatoms. The van der Waals surface area contributed by atoms with Gasteiger partial charge in [0, 0.05) is 31.4 Å². The standard InChI is InChI=1S/C31H38N2O3/c1-21-19-24-25(31(4,5)16-15-30(24,2)3)20-23(21)28(34)26-13-14-27(36-26)29(35)32-17-10-18-33(6)22-11-8-7-9-12-22/h7-9,11-14,19-20H,10,15-18H2,1-6H3,(H,32,35). The highest BCUT2D eigenvalue weighted by Crippen LogP contribution is 2.46. The zero-order valence-corrected chi connectivity index (χ0v) is 22.4. The number of ketones is 1. The molecule has 3 aromatic rings. The lowest BCUT2D eigenvalue weighted by Crippen LogP contribution is -2.34. The maximum absolute atomic E-state index is 13.4. The minimum atomic E-state index is -0.304. The number of hydrogen-bond donors (Lipinski definition) is 1. The molecule has 0 saturated heterocycles. The average Bonchev–Trinajstić information content (AvgIpc) is 3.35. The van der Waals surface area contributed by atoms with Crippen LogP contribution in [-0.4, -0.2) is 31.8 Å². The molecular formula is C31H38N2O3. The molecule has 4 rings (SSSR count). The van der Waals surface area contributed by atoms with Crippen LogP contribution in [0.25, 0.3) is 0 Å². The van der Waals surface area contributed by atoms with Crippen molar-refractivity contribution in [1.29, 1.82) is 0 Å². The Morgan fingerprint density at radius 1 is 0.917 bits per heavy atom. The van der Waals surface area contributed by atoms with Gasteiger partial charge in [0.15, 0.2) is 11.5 Å². The van der Waals surface area contributed by atoms with Crippen LogP contribution in [0.1, 0.15) is 90.3 Å². The van der Waals surface area contributed by atoms with Crippen molar-refractivity contribution in [3.05, 3.63) is 88.4 Å². The number of carbonyl (C=O) groups is 2. The number of aryl methyl sites for hydroxylation is 1. The number of hydrogen-bond acceptors (Lipinski definition) is 4. The summed E-state index contributed by atoms with van der Waals surface area (Å²) in [5.74, 6) is -0.133. The van der Waals surface area contributed by atoms with Gasteiger partial charge in [0.05, 0.1) is 0 Å². The second-order valence-corrected chi connectivity index (χ2v) is 11.3. The Bertz CT molecular complexity index is 1250. The molecule has 5 nitrogen and oxygen atoms in total. The van der Waals surface area contributed by atoms with Crippen molar-refractivity contribution in [2.45, 2.75) is 64.7 Å². The normalized spacial score (nSPS) is 15.7. The van der Waals surface area contributed by atoms with E-state index in [1.165, 1.54) is 11.1 Å². The molecular weight excluding hydrogens is 448 g/mol. The highest BCUT2D eigenvalue weighted by Gasteiger charge is 2.38. The molecule has 190 valence electrons. The highest BCUT2D eigenvalue weighted by molar-refractivity contribution is 6.09. The van der Waals surface area contributed by atoms with Crippen molar-refractivity contribution in [2.75, 3.05) is 25.0 Å². The number of anilines is 1. The van der Waals surface area contributed by atoms with E-state index in [-0.39, 0.29) is 34.0 Å². The Kier molecular flexibility index (Phi) is 7.12. The van der Waals surface area contributed by atoms with Crippen LogP contribution >= 0.6 is 0 Å². The van der Waals surface area contributed by atoms with Gasteiger partial charge in [-0.3, -0.25) is 9.59 Å². The fourth-order valence-corrected chi connectivity index (χ4v) is 5.10. The van der Waals surface area contributed by atoms with Crippen LogP contribution in [0.15, 0.2) is 59.0 Å². The predicted octanol–water partition coefficient (Wildman–Crippen LogP) is 6.42. The van der Waals surface area contributed by atoms with Gasteiger partial charge in [-0.05, 0) is 84.0 Å². The summed E-state index contributed by atoms with van der Waals surface area (Å²) in [4.78, 5) is 28.2. The molecule has 0 aliphatic heterocycles. The number of para-hydroxylation sites is 1. The quantitative estimate of drug-likeness (QED) is 0.295. The van der Waals surface area contributed by atoms with Gasteiger partial charge in [-0.1, -0.05) is 52.0 Å². The summed E-state index contributed by atoms with van der Waals surface area (Å²) in [6.07, 6.45) is 3.00. The largest absolute Gasteiger partial charge is 0.447 e. The van der Waals surface area contributed by atoms with E-state index in [0.717, 1.165) is 37.1 Å². The van der Waals surface area contributed by atoms with Gasteiger partial charge in [-0.2, -0.15) is 0 Å². The van der Waals surface area contributed by atoms with E-state index < -0.39 is 0 Å². The summed E-state index contributed by atoms with van der Waals surface area (Å²) in [7, 11) is 2.03. The molecule has 36 heavy (non-hydrogen) atoms. The van der Waals surface area contributed by atoms with E-state index in [4.69, 9.17) is 4.42 Å². The number of fused-ring (bicyclic) bond motifs is 1. The molecule has 0 saturated carbocycles. The zero-order chi connectivity index (χ0) is 26.1. The summed E-state index contributed by atoms with van der Waals surface area (Å²) in [6.45, 7) is 12.4. The smallest absolute Gasteiger partial charge is 0.287 e. The molecule has 1 aromatic heterocycles. The number of amides is 1. The van der Waals surface area contributed by atoms with Gasteiger partial charge < -0.3 is 14.6 Å². The zero-order valence-electron chi connectivity index (χ0n) is 22.4. The Hall–Kier alpha value is -3.34. The van der Waals surface area contributed by atoms with Crippen LogP contribution < -0.4 is 10.2 Å². The summed E-state index contributed by atoms with van der Waals surface area (Å²) in [5.41, 5.74) is 5.38. The molecule has 1 aliphatic carbocycles. The number of furan rings is 1. The van der Waals surface area contributed by atoms with Gasteiger partial charge in [0.25, 0.3) is 5.91 Å². The Labute approximate surface area is 214 Å². The molecule has 0 unspecified atom stereocenters. The van der Waals surface area contributed by atoms with Crippen LogP contribution in [0.5, 0.6) is 0 Å². The summed E-state index contributed by atoms with van der Waals surface area (Å²) >= 11 is 0. The van der Waals surface area contributed by atoms with Crippen molar-refractivity contribution < 1.29 is 14.0 Å². The molecule has 0 bridgehead atoms. The fourth-order valence-electron chi connectivity index (χ4n) is 5.10. The van der Waals surface area contributed by atoms with Crippen LogP contribution in [0.2, 0.25) is 0 Å². The molecule has 1 aliphatic rings. The topological polar surface area (TPSA) is 62.6 Å². The second kappa shape index (κ2) is 9.96. The molecule has 0 fully saturated rings. The lowest BCUT2D eigenvalue weighted by molar-refractivity contribution is 0.0919. The van der Waals surface area contributed by atoms with E-state index in [0.29, 0.717) is 12.1 Å². The number of nitrogens with one attached hydrogen (secondary N) is 1. The van der Waals surface area contributed by atoms with Gasteiger partial charge in [0.1, 0.15) is 0 Å². The molecule has 2 aromatic carbocycles. The predicted molar refractivity (Wildman–Crippen MR) is 145 cm³/mol. The fraction of sp³-hybridized carbons (Fsp3) is 0.419. The Balaban J connectivity index is 1.41. The SMILES string of the molecule is Cc1cc2c(cc1C(=O)c1ccc(C(=O)NCCCN(C)c3ccccc3)o1)C(C)(C)CCC2(C)C. The monoisotopic (exact) mass is 486 g/mol. The van der Waals surface area contributed by atoms with Crippen molar-refractivity contribution in [1.82, 2.24) is 5.32 Å². The Morgan fingerprint density at radius 3 is 2.19 bits per heavy atom. The first-order valence-electron chi connectivity index (χ1n) is 12.8. The average molecular weight is 487 g/mol. The van der Waals surface area contributed by atoms with Crippen LogP contribution in [-0.2, 0) is 10.8 Å². The Morgan fingerprint density at radius 2 is 1.53 bits per heavy atom. The molecule has 1 amide bonds. The van der Waals surface area contributed by atoms with Crippen molar-refractivity contribution >= 4 is 17.4 Å². The molecule has 0 spiro atoms. The second-order valence-electron chi connectivity index (χ2n) is 11.3. The van der Waals surface area contributed by atoms with E-state index in [1.54, 1.807) is 12.1 Å². The third-order valence-electron chi connectivity index (χ3n) is 7.65. The van der Waals surface area contributed by atoms with Gasteiger partial charge in [0.2, 0.25) is 5.78 Å². The third-order valence-corrected chi connectivity index (χ3v) is 7.65. The first-order chi connectivity index (χ1) is 17.0. The molecule has 1 N–H and O–H groups in total. The first-order valence-corrected chi connectivity index (χ1v) is 12.8. The van der Waals surface area contributed by atoms with Gasteiger partial charge >= 0.3 is 0 Å². The van der Waals surface area contributed by atoms with Gasteiger partial charge in [-0.25, -0.2) is 0 Å². The van der Waals surface area contributed by atoms with Crippen LogP contribution in [0, 0.1) is 6.92 Å². The number of rotatable bonds is 8. The highest BCUT2D eigenvalue weighted by atomic mass is 16.4. The molecule has 0 radical (unpaired) electrons.